The lowest BCUT2D eigenvalue weighted by molar-refractivity contribution is -0.146. The van der Waals surface area contributed by atoms with Gasteiger partial charge in [-0.15, -0.1) is 0 Å². The van der Waals surface area contributed by atoms with Gasteiger partial charge in [-0.25, -0.2) is 4.79 Å². The average Bonchev–Trinajstić information content (AvgIpc) is 2.48. The molecule has 2 N–H and O–H groups in total. The Hall–Kier alpha value is -2.13. The normalized spacial score (nSPS) is 12.1. The highest BCUT2D eigenvalue weighted by atomic mass is 16.4. The summed E-state index contributed by atoms with van der Waals surface area (Å²) in [6.07, 6.45) is 0.474. The van der Waals surface area contributed by atoms with Gasteiger partial charge < -0.3 is 10.2 Å². The van der Waals surface area contributed by atoms with Crippen molar-refractivity contribution in [2.45, 2.75) is 32.3 Å². The highest BCUT2D eigenvalue weighted by Crippen LogP contribution is 2.21. The molecule has 0 aromatic heterocycles. The number of aliphatic hydroxyl groups is 1. The molecule has 0 saturated heterocycles. The first-order chi connectivity index (χ1) is 10.1. The number of carbonyl (C=O) groups is 1. The van der Waals surface area contributed by atoms with Crippen LogP contribution < -0.4 is 0 Å². The van der Waals surface area contributed by atoms with Crippen molar-refractivity contribution in [3.63, 3.8) is 0 Å². The van der Waals surface area contributed by atoms with E-state index >= 15 is 0 Å². The van der Waals surface area contributed by atoms with Gasteiger partial charge in [0, 0.05) is 0 Å². The minimum Gasteiger partial charge on any atom is -0.479 e. The van der Waals surface area contributed by atoms with E-state index in [0.717, 1.165) is 12.0 Å². The lowest BCUT2D eigenvalue weighted by atomic mass is 10.0. The standard InChI is InChI=1S/C18H20O3/c1-13-5-9-15(10-6-13)16-11-7-14(8-12-16)3-2-4-17(19)18(20)21/h5-12,17,19H,2-4H2,1H3,(H,20,21). The van der Waals surface area contributed by atoms with Gasteiger partial charge in [0.15, 0.2) is 6.10 Å². The highest BCUT2D eigenvalue weighted by Gasteiger charge is 2.11. The van der Waals surface area contributed by atoms with Crippen LogP contribution in [0.25, 0.3) is 11.1 Å². The molecule has 0 fully saturated rings. The van der Waals surface area contributed by atoms with Crippen molar-refractivity contribution in [3.05, 3.63) is 59.7 Å². The molecule has 2 rings (SSSR count). The third-order valence-electron chi connectivity index (χ3n) is 3.57. The molecule has 110 valence electrons. The SMILES string of the molecule is Cc1ccc(-c2ccc(CCCC(O)C(=O)O)cc2)cc1. The maximum atomic E-state index is 10.5. The molecule has 0 spiro atoms. The second-order valence-corrected chi connectivity index (χ2v) is 5.31. The second-order valence-electron chi connectivity index (χ2n) is 5.31. The molecule has 3 heteroatoms. The average molecular weight is 284 g/mol. The molecule has 2 aromatic carbocycles. The lowest BCUT2D eigenvalue weighted by Crippen LogP contribution is -2.19. The maximum Gasteiger partial charge on any atom is 0.332 e. The number of carboxylic acids is 1. The van der Waals surface area contributed by atoms with Crippen LogP contribution in [0.3, 0.4) is 0 Å². The van der Waals surface area contributed by atoms with E-state index in [-0.39, 0.29) is 6.42 Å². The van der Waals surface area contributed by atoms with Crippen molar-refractivity contribution in [2.75, 3.05) is 0 Å². The monoisotopic (exact) mass is 284 g/mol. The maximum absolute atomic E-state index is 10.5. The van der Waals surface area contributed by atoms with Gasteiger partial charge in [-0.05, 0) is 42.9 Å². The predicted molar refractivity (Wildman–Crippen MR) is 83.2 cm³/mol. The van der Waals surface area contributed by atoms with E-state index in [2.05, 4.69) is 55.5 Å². The van der Waals surface area contributed by atoms with Crippen molar-refractivity contribution in [1.29, 1.82) is 0 Å². The first-order valence-electron chi connectivity index (χ1n) is 7.13. The molecule has 0 aliphatic carbocycles. The fraction of sp³-hybridized carbons (Fsp3) is 0.278. The number of hydrogen-bond donors (Lipinski definition) is 2. The summed E-state index contributed by atoms with van der Waals surface area (Å²) in [6, 6.07) is 16.7. The summed E-state index contributed by atoms with van der Waals surface area (Å²) in [4.78, 5) is 10.5. The van der Waals surface area contributed by atoms with Crippen LogP contribution in [0.1, 0.15) is 24.0 Å². The Balaban J connectivity index is 1.93. The zero-order valence-electron chi connectivity index (χ0n) is 12.1. The van der Waals surface area contributed by atoms with Crippen LogP contribution in [0.2, 0.25) is 0 Å². The van der Waals surface area contributed by atoms with Gasteiger partial charge in [0.05, 0.1) is 0 Å². The molecule has 0 radical (unpaired) electrons. The van der Waals surface area contributed by atoms with Crippen LogP contribution in [0.15, 0.2) is 48.5 Å². The van der Waals surface area contributed by atoms with E-state index in [0.29, 0.717) is 6.42 Å². The van der Waals surface area contributed by atoms with Crippen molar-refractivity contribution in [2.24, 2.45) is 0 Å². The fourth-order valence-corrected chi connectivity index (χ4v) is 2.23. The first-order valence-corrected chi connectivity index (χ1v) is 7.13. The van der Waals surface area contributed by atoms with E-state index in [1.165, 1.54) is 16.7 Å². The smallest absolute Gasteiger partial charge is 0.332 e. The van der Waals surface area contributed by atoms with Gasteiger partial charge in [0.25, 0.3) is 0 Å². The first kappa shape index (κ1) is 15.3. The summed E-state index contributed by atoms with van der Waals surface area (Å²) in [6.45, 7) is 2.07. The van der Waals surface area contributed by atoms with E-state index in [9.17, 15) is 9.90 Å². The van der Waals surface area contributed by atoms with Gasteiger partial charge in [0.2, 0.25) is 0 Å². The van der Waals surface area contributed by atoms with Gasteiger partial charge >= 0.3 is 5.97 Å². The zero-order valence-corrected chi connectivity index (χ0v) is 12.1. The Morgan fingerprint density at radius 1 is 1.00 bits per heavy atom. The number of aryl methyl sites for hydroxylation is 2. The van der Waals surface area contributed by atoms with E-state index < -0.39 is 12.1 Å². The summed E-state index contributed by atoms with van der Waals surface area (Å²) in [5, 5.41) is 17.8. The molecule has 2 aromatic rings. The van der Waals surface area contributed by atoms with Crippen LogP contribution in [-0.2, 0) is 11.2 Å². The summed E-state index contributed by atoms with van der Waals surface area (Å²) in [5.74, 6) is -1.15. The highest BCUT2D eigenvalue weighted by molar-refractivity contribution is 5.71. The number of carboxylic acid groups (broad SMARTS) is 1. The lowest BCUT2D eigenvalue weighted by Gasteiger charge is -2.07. The predicted octanol–water partition coefficient (Wildman–Crippen LogP) is 3.43. The van der Waals surface area contributed by atoms with E-state index in [1.807, 2.05) is 0 Å². The van der Waals surface area contributed by atoms with Gasteiger partial charge in [-0.3, -0.25) is 0 Å². The van der Waals surface area contributed by atoms with Crippen LogP contribution >= 0.6 is 0 Å². The number of rotatable bonds is 6. The largest absolute Gasteiger partial charge is 0.479 e. The Morgan fingerprint density at radius 2 is 1.52 bits per heavy atom. The molecule has 0 amide bonds. The van der Waals surface area contributed by atoms with Gasteiger partial charge in [-0.1, -0.05) is 54.1 Å². The van der Waals surface area contributed by atoms with Crippen molar-refractivity contribution in [3.8, 4) is 11.1 Å². The summed E-state index contributed by atoms with van der Waals surface area (Å²) in [5.41, 5.74) is 4.76. The Kier molecular flexibility index (Phi) is 5.12. The number of aliphatic hydroxyl groups excluding tert-OH is 1. The van der Waals surface area contributed by atoms with E-state index in [1.54, 1.807) is 0 Å². The van der Waals surface area contributed by atoms with Crippen LogP contribution in [0.4, 0.5) is 0 Å². The molecular formula is C18H20O3. The Bertz CT molecular complexity index is 585. The minimum absolute atomic E-state index is 0.287. The van der Waals surface area contributed by atoms with Gasteiger partial charge in [-0.2, -0.15) is 0 Å². The molecule has 0 aliphatic rings. The summed E-state index contributed by atoms with van der Waals surface area (Å²) in [7, 11) is 0. The van der Waals surface area contributed by atoms with Gasteiger partial charge in [0.1, 0.15) is 0 Å². The third kappa shape index (κ3) is 4.43. The van der Waals surface area contributed by atoms with E-state index in [4.69, 9.17) is 5.11 Å². The fourth-order valence-electron chi connectivity index (χ4n) is 2.23. The third-order valence-corrected chi connectivity index (χ3v) is 3.57. The molecule has 3 nitrogen and oxygen atoms in total. The topological polar surface area (TPSA) is 57.5 Å². The van der Waals surface area contributed by atoms with Crippen LogP contribution in [0.5, 0.6) is 0 Å². The molecule has 1 unspecified atom stereocenters. The second kappa shape index (κ2) is 7.04. The van der Waals surface area contributed by atoms with Crippen molar-refractivity contribution >= 4 is 5.97 Å². The molecule has 0 heterocycles. The molecule has 0 aliphatic heterocycles. The molecule has 1 atom stereocenters. The number of aliphatic carboxylic acids is 1. The molecule has 0 bridgehead atoms. The van der Waals surface area contributed by atoms with Crippen LogP contribution in [0, 0.1) is 6.92 Å². The Labute approximate surface area is 124 Å². The quantitative estimate of drug-likeness (QED) is 0.854. The molecule has 0 saturated carbocycles. The molecular weight excluding hydrogens is 264 g/mol. The number of benzene rings is 2. The van der Waals surface area contributed by atoms with Crippen LogP contribution in [-0.4, -0.2) is 22.3 Å². The number of hydrogen-bond acceptors (Lipinski definition) is 2. The zero-order chi connectivity index (χ0) is 15.2. The minimum atomic E-state index is -1.25. The molecule has 21 heavy (non-hydrogen) atoms. The Morgan fingerprint density at radius 3 is 2.05 bits per heavy atom. The van der Waals surface area contributed by atoms with Crippen molar-refractivity contribution in [1.82, 2.24) is 0 Å². The summed E-state index contributed by atoms with van der Waals surface area (Å²) < 4.78 is 0. The summed E-state index contributed by atoms with van der Waals surface area (Å²) >= 11 is 0. The van der Waals surface area contributed by atoms with Crippen molar-refractivity contribution < 1.29 is 15.0 Å².